The van der Waals surface area contributed by atoms with E-state index < -0.39 is 15.6 Å². The second-order valence-electron chi connectivity index (χ2n) is 5.65. The van der Waals surface area contributed by atoms with Crippen molar-refractivity contribution in [3.63, 3.8) is 0 Å². The molecule has 0 aromatic heterocycles. The third-order valence-electron chi connectivity index (χ3n) is 4.22. The molecule has 1 fully saturated rings. The van der Waals surface area contributed by atoms with Gasteiger partial charge < -0.3 is 10.5 Å². The van der Waals surface area contributed by atoms with Crippen LogP contribution in [0.25, 0.3) is 0 Å². The Bertz CT molecular complexity index is 669. The maximum Gasteiger partial charge on any atom is 0.211 e. The molecule has 0 amide bonds. The van der Waals surface area contributed by atoms with Gasteiger partial charge in [-0.3, -0.25) is 0 Å². The molecule has 1 saturated heterocycles. The average molecular weight is 332 g/mol. The molecule has 2 heterocycles. The van der Waals surface area contributed by atoms with Crippen LogP contribution >= 0.6 is 11.6 Å². The Hall–Kier alpha value is -0.860. The van der Waals surface area contributed by atoms with Crippen molar-refractivity contribution >= 4 is 27.3 Å². The summed E-state index contributed by atoms with van der Waals surface area (Å²) < 4.78 is 24.6. The van der Waals surface area contributed by atoms with Crippen molar-refractivity contribution in [3.05, 3.63) is 28.3 Å². The smallest absolute Gasteiger partial charge is 0.211 e. The number of hydrazine groups is 1. The molecule has 6 nitrogen and oxygen atoms in total. The van der Waals surface area contributed by atoms with Gasteiger partial charge in [-0.05, 0) is 36.1 Å². The van der Waals surface area contributed by atoms with Crippen molar-refractivity contribution < 1.29 is 13.5 Å². The summed E-state index contributed by atoms with van der Waals surface area (Å²) in [5, 5.41) is 11.5. The number of hydrogen-bond donors (Lipinski definition) is 3. The van der Waals surface area contributed by atoms with E-state index in [4.69, 9.17) is 11.6 Å². The molecule has 1 aromatic rings. The second kappa shape index (κ2) is 5.10. The van der Waals surface area contributed by atoms with Gasteiger partial charge in [-0.2, -0.15) is 0 Å². The van der Waals surface area contributed by atoms with Crippen LogP contribution in [-0.2, 0) is 22.2 Å². The summed E-state index contributed by atoms with van der Waals surface area (Å²) in [6.45, 7) is 1.24. The van der Waals surface area contributed by atoms with Gasteiger partial charge in [0.1, 0.15) is 0 Å². The van der Waals surface area contributed by atoms with Crippen LogP contribution in [0.15, 0.2) is 12.1 Å². The third kappa shape index (κ3) is 2.76. The van der Waals surface area contributed by atoms with Gasteiger partial charge in [-0.15, -0.1) is 0 Å². The second-order valence-corrected chi connectivity index (χ2v) is 8.07. The van der Waals surface area contributed by atoms with Crippen molar-refractivity contribution in [2.75, 3.05) is 24.8 Å². The first-order chi connectivity index (χ1) is 9.79. The number of fused-ring (bicyclic) bond motifs is 1. The molecule has 1 aromatic carbocycles. The molecule has 116 valence electrons. The molecule has 0 aliphatic carbocycles. The zero-order valence-corrected chi connectivity index (χ0v) is 13.3. The number of anilines is 1. The summed E-state index contributed by atoms with van der Waals surface area (Å²) in [6, 6.07) is 3.60. The highest BCUT2D eigenvalue weighted by atomic mass is 35.5. The standard InChI is InChI=1S/C13H18ClN3O3S/c1-21(19,20)17-4-2-13(18,3-5-17)11-6-9(14)7-12-10(11)8-15-16-12/h6-7,15-16,18H,2-5,8H2,1H3. The molecular formula is C13H18ClN3O3S. The molecule has 0 bridgehead atoms. The van der Waals surface area contributed by atoms with Crippen LogP contribution in [0, 0.1) is 0 Å². The number of nitrogens with one attached hydrogen (secondary N) is 2. The van der Waals surface area contributed by atoms with E-state index in [1.807, 2.05) is 6.07 Å². The van der Waals surface area contributed by atoms with Crippen LogP contribution in [-0.4, -0.2) is 37.2 Å². The first kappa shape index (κ1) is 15.1. The average Bonchev–Trinajstić information content (AvgIpc) is 2.85. The van der Waals surface area contributed by atoms with Gasteiger partial charge in [0.15, 0.2) is 0 Å². The van der Waals surface area contributed by atoms with E-state index in [-0.39, 0.29) is 0 Å². The van der Waals surface area contributed by atoms with Crippen LogP contribution in [0.1, 0.15) is 24.0 Å². The molecular weight excluding hydrogens is 314 g/mol. The van der Waals surface area contributed by atoms with Crippen LogP contribution < -0.4 is 10.9 Å². The number of aliphatic hydroxyl groups is 1. The Morgan fingerprint density at radius 2 is 2.00 bits per heavy atom. The van der Waals surface area contributed by atoms with E-state index >= 15 is 0 Å². The van der Waals surface area contributed by atoms with Crippen molar-refractivity contribution in [2.24, 2.45) is 0 Å². The molecule has 3 N–H and O–H groups in total. The van der Waals surface area contributed by atoms with E-state index in [9.17, 15) is 13.5 Å². The summed E-state index contributed by atoms with van der Waals surface area (Å²) >= 11 is 6.13. The van der Waals surface area contributed by atoms with E-state index in [1.54, 1.807) is 6.07 Å². The van der Waals surface area contributed by atoms with Gasteiger partial charge >= 0.3 is 0 Å². The van der Waals surface area contributed by atoms with Gasteiger partial charge in [0.25, 0.3) is 0 Å². The minimum Gasteiger partial charge on any atom is -0.385 e. The van der Waals surface area contributed by atoms with E-state index in [1.165, 1.54) is 10.6 Å². The predicted octanol–water partition coefficient (Wildman–Crippen LogP) is 1.01. The number of halogens is 1. The number of piperidine rings is 1. The van der Waals surface area contributed by atoms with Crippen molar-refractivity contribution in [1.29, 1.82) is 0 Å². The fourth-order valence-electron chi connectivity index (χ4n) is 3.04. The molecule has 0 radical (unpaired) electrons. The molecule has 0 atom stereocenters. The van der Waals surface area contributed by atoms with E-state index in [2.05, 4.69) is 10.9 Å². The van der Waals surface area contributed by atoms with Gasteiger partial charge in [-0.25, -0.2) is 18.1 Å². The topological polar surface area (TPSA) is 81.7 Å². The monoisotopic (exact) mass is 331 g/mol. The first-order valence-corrected chi connectivity index (χ1v) is 9.01. The lowest BCUT2D eigenvalue weighted by molar-refractivity contribution is -0.0101. The summed E-state index contributed by atoms with van der Waals surface area (Å²) in [7, 11) is -3.21. The van der Waals surface area contributed by atoms with E-state index in [0.29, 0.717) is 37.5 Å². The third-order valence-corrected chi connectivity index (χ3v) is 5.74. The summed E-state index contributed by atoms with van der Waals surface area (Å²) in [5.74, 6) is 0. The SMILES string of the molecule is CS(=O)(=O)N1CCC(O)(c2cc(Cl)cc3c2CNN3)CC1. The van der Waals surface area contributed by atoms with E-state index in [0.717, 1.165) is 16.8 Å². The van der Waals surface area contributed by atoms with Gasteiger partial charge in [-0.1, -0.05) is 11.6 Å². The number of hydrogen-bond acceptors (Lipinski definition) is 5. The van der Waals surface area contributed by atoms with Gasteiger partial charge in [0.2, 0.25) is 10.0 Å². The molecule has 0 unspecified atom stereocenters. The van der Waals surface area contributed by atoms with Crippen LogP contribution in [0.2, 0.25) is 5.02 Å². The number of nitrogens with zero attached hydrogens (tertiary/aromatic N) is 1. The molecule has 21 heavy (non-hydrogen) atoms. The lowest BCUT2D eigenvalue weighted by atomic mass is 9.82. The first-order valence-electron chi connectivity index (χ1n) is 6.79. The number of sulfonamides is 1. The van der Waals surface area contributed by atoms with Gasteiger partial charge in [0.05, 0.1) is 17.5 Å². The fourth-order valence-corrected chi connectivity index (χ4v) is 4.10. The van der Waals surface area contributed by atoms with Crippen LogP contribution in [0.5, 0.6) is 0 Å². The van der Waals surface area contributed by atoms with Crippen molar-refractivity contribution in [3.8, 4) is 0 Å². The zero-order chi connectivity index (χ0) is 15.3. The summed E-state index contributed by atoms with van der Waals surface area (Å²) in [5.41, 5.74) is 7.65. The van der Waals surface area contributed by atoms with Crippen molar-refractivity contribution in [1.82, 2.24) is 9.73 Å². The molecule has 0 saturated carbocycles. The lowest BCUT2D eigenvalue weighted by Gasteiger charge is -2.38. The minimum atomic E-state index is -3.21. The normalized spacial score (nSPS) is 21.9. The Morgan fingerprint density at radius 1 is 1.33 bits per heavy atom. The molecule has 2 aliphatic heterocycles. The van der Waals surface area contributed by atoms with Crippen molar-refractivity contribution in [2.45, 2.75) is 25.0 Å². The zero-order valence-electron chi connectivity index (χ0n) is 11.7. The highest BCUT2D eigenvalue weighted by Crippen LogP contribution is 2.40. The highest BCUT2D eigenvalue weighted by molar-refractivity contribution is 7.88. The molecule has 2 aliphatic rings. The van der Waals surface area contributed by atoms with Crippen LogP contribution in [0.4, 0.5) is 5.69 Å². The quantitative estimate of drug-likeness (QED) is 0.753. The van der Waals surface area contributed by atoms with Crippen LogP contribution in [0.3, 0.4) is 0 Å². The van der Waals surface area contributed by atoms with Gasteiger partial charge in [0, 0.05) is 24.7 Å². The number of rotatable bonds is 2. The predicted molar refractivity (Wildman–Crippen MR) is 81.5 cm³/mol. The maximum atomic E-state index is 11.6. The summed E-state index contributed by atoms with van der Waals surface area (Å²) in [6.07, 6.45) is 1.93. The maximum absolute atomic E-state index is 11.6. The fraction of sp³-hybridized carbons (Fsp3) is 0.538. The lowest BCUT2D eigenvalue weighted by Crippen LogP contribution is -2.45. The highest BCUT2D eigenvalue weighted by Gasteiger charge is 2.39. The molecule has 3 rings (SSSR count). The summed E-state index contributed by atoms with van der Waals surface area (Å²) in [4.78, 5) is 0. The Morgan fingerprint density at radius 3 is 2.62 bits per heavy atom. The molecule has 0 spiro atoms. The Balaban J connectivity index is 1.92. The minimum absolute atomic E-state index is 0.317. The largest absolute Gasteiger partial charge is 0.385 e. The Labute approximate surface area is 129 Å². The number of benzene rings is 1. The Kier molecular flexibility index (Phi) is 3.66. The molecule has 8 heteroatoms.